The number of anilines is 1. The van der Waals surface area contributed by atoms with E-state index in [1.54, 1.807) is 62.4 Å². The molecule has 0 aromatic heterocycles. The topological polar surface area (TPSA) is 86.8 Å². The first kappa shape index (κ1) is 32.7. The molecule has 0 heterocycles. The van der Waals surface area contributed by atoms with Crippen molar-refractivity contribution in [3.63, 3.8) is 0 Å². The summed E-state index contributed by atoms with van der Waals surface area (Å²) in [6.45, 7) is 7.00. The number of carbonyl (C=O) groups is 2. The summed E-state index contributed by atoms with van der Waals surface area (Å²) < 4.78 is 29.1. The lowest BCUT2D eigenvalue weighted by molar-refractivity contribution is -0.140. The fourth-order valence-corrected chi connectivity index (χ4v) is 6.51. The fraction of sp³-hybridized carbons (Fsp3) is 0.333. The van der Waals surface area contributed by atoms with E-state index in [0.717, 1.165) is 9.87 Å². The third-order valence-electron chi connectivity index (χ3n) is 6.72. The van der Waals surface area contributed by atoms with Gasteiger partial charge in [-0.05, 0) is 68.7 Å². The predicted octanol–water partition coefficient (Wildman–Crippen LogP) is 6.79. The van der Waals surface area contributed by atoms with Gasteiger partial charge in [-0.1, -0.05) is 78.5 Å². The second kappa shape index (κ2) is 14.4. The Morgan fingerprint density at radius 2 is 1.46 bits per heavy atom. The zero-order valence-electron chi connectivity index (χ0n) is 23.5. The van der Waals surface area contributed by atoms with Crippen molar-refractivity contribution in [3.05, 3.63) is 92.4 Å². The summed E-state index contributed by atoms with van der Waals surface area (Å²) >= 11 is 19.3. The molecule has 0 spiro atoms. The Morgan fingerprint density at radius 1 is 0.878 bits per heavy atom. The van der Waals surface area contributed by atoms with E-state index in [1.165, 1.54) is 17.0 Å². The molecule has 0 aliphatic heterocycles. The number of amides is 2. The van der Waals surface area contributed by atoms with Crippen LogP contribution in [0, 0.1) is 13.8 Å². The van der Waals surface area contributed by atoms with E-state index in [4.69, 9.17) is 34.8 Å². The van der Waals surface area contributed by atoms with E-state index in [9.17, 15) is 18.0 Å². The van der Waals surface area contributed by atoms with Crippen molar-refractivity contribution in [2.45, 2.75) is 58.0 Å². The van der Waals surface area contributed by atoms with Crippen molar-refractivity contribution < 1.29 is 18.0 Å². The number of rotatable bonds is 12. The molecule has 1 unspecified atom stereocenters. The van der Waals surface area contributed by atoms with Gasteiger partial charge in [0.25, 0.3) is 10.0 Å². The first-order chi connectivity index (χ1) is 19.4. The van der Waals surface area contributed by atoms with Gasteiger partial charge in [0.1, 0.15) is 12.6 Å². The summed E-state index contributed by atoms with van der Waals surface area (Å²) in [6, 6.07) is 15.3. The highest BCUT2D eigenvalue weighted by Crippen LogP contribution is 2.32. The number of benzene rings is 3. The van der Waals surface area contributed by atoms with Gasteiger partial charge in [0, 0.05) is 33.7 Å². The van der Waals surface area contributed by atoms with Gasteiger partial charge in [0.05, 0.1) is 10.6 Å². The van der Waals surface area contributed by atoms with Crippen LogP contribution >= 0.6 is 34.8 Å². The Hall–Kier alpha value is -2.78. The van der Waals surface area contributed by atoms with Crippen molar-refractivity contribution in [2.75, 3.05) is 17.4 Å². The summed E-state index contributed by atoms with van der Waals surface area (Å²) in [5.74, 6) is -0.952. The second-order valence-corrected chi connectivity index (χ2v) is 12.7. The maximum absolute atomic E-state index is 14.2. The van der Waals surface area contributed by atoms with E-state index in [-0.39, 0.29) is 29.5 Å². The molecule has 7 nitrogen and oxygen atoms in total. The molecule has 3 aromatic carbocycles. The average molecular weight is 639 g/mol. The van der Waals surface area contributed by atoms with Crippen molar-refractivity contribution >= 4 is 62.3 Å². The molecule has 3 aromatic rings. The number of nitrogens with zero attached hydrogens (tertiary/aromatic N) is 2. The molecule has 0 aliphatic carbocycles. The highest BCUT2D eigenvalue weighted by molar-refractivity contribution is 7.92. The molecule has 11 heteroatoms. The molecule has 0 radical (unpaired) electrons. The molecule has 1 atom stereocenters. The van der Waals surface area contributed by atoms with Crippen LogP contribution in [0.2, 0.25) is 15.1 Å². The molecular weight excluding hydrogens is 605 g/mol. The lowest BCUT2D eigenvalue weighted by Gasteiger charge is -2.34. The lowest BCUT2D eigenvalue weighted by Crippen LogP contribution is -2.52. The highest BCUT2D eigenvalue weighted by atomic mass is 35.5. The molecule has 41 heavy (non-hydrogen) atoms. The van der Waals surface area contributed by atoms with Crippen LogP contribution in [0.4, 0.5) is 5.69 Å². The summed E-state index contributed by atoms with van der Waals surface area (Å²) in [5.41, 5.74) is 2.09. The predicted molar refractivity (Wildman–Crippen MR) is 166 cm³/mol. The van der Waals surface area contributed by atoms with Crippen molar-refractivity contribution in [2.24, 2.45) is 0 Å². The average Bonchev–Trinajstić information content (AvgIpc) is 2.93. The summed E-state index contributed by atoms with van der Waals surface area (Å²) in [5, 5.41) is 3.86. The van der Waals surface area contributed by atoms with Crippen LogP contribution in [0.3, 0.4) is 0 Å². The molecule has 3 rings (SSSR count). The highest BCUT2D eigenvalue weighted by Gasteiger charge is 2.34. The van der Waals surface area contributed by atoms with Crippen molar-refractivity contribution in [1.82, 2.24) is 10.2 Å². The third kappa shape index (κ3) is 7.74. The first-order valence-corrected chi connectivity index (χ1v) is 15.8. The Bertz CT molecular complexity index is 1480. The number of hydrogen-bond acceptors (Lipinski definition) is 4. The Balaban J connectivity index is 2.13. The Kier molecular flexibility index (Phi) is 11.5. The van der Waals surface area contributed by atoms with Gasteiger partial charge in [-0.15, -0.1) is 0 Å². The third-order valence-corrected chi connectivity index (χ3v) is 9.61. The largest absolute Gasteiger partial charge is 0.354 e. The van der Waals surface area contributed by atoms with Gasteiger partial charge in [-0.3, -0.25) is 13.9 Å². The molecule has 0 aliphatic rings. The first-order valence-electron chi connectivity index (χ1n) is 13.3. The quantitative estimate of drug-likeness (QED) is 0.237. The summed E-state index contributed by atoms with van der Waals surface area (Å²) in [7, 11) is -4.22. The van der Waals surface area contributed by atoms with Crippen LogP contribution in [0.25, 0.3) is 0 Å². The van der Waals surface area contributed by atoms with Gasteiger partial charge >= 0.3 is 0 Å². The molecular formula is C30H34Cl3N3O4S. The van der Waals surface area contributed by atoms with Crippen LogP contribution in [-0.4, -0.2) is 44.3 Å². The number of nitrogens with one attached hydrogen (secondary N) is 1. The van der Waals surface area contributed by atoms with E-state index < -0.39 is 28.5 Å². The maximum Gasteiger partial charge on any atom is 0.264 e. The van der Waals surface area contributed by atoms with Crippen LogP contribution in [-0.2, 0) is 26.2 Å². The monoisotopic (exact) mass is 637 g/mol. The molecule has 220 valence electrons. The number of aryl methyl sites for hydroxylation is 1. The molecule has 0 bridgehead atoms. The standard InChI is InChI=1S/C30H34Cl3N3O4S/c1-5-17-34-30(38)27(6-2)35(18-23-25(32)10-7-11-26(23)33)29(37)19-36(28-12-8-9-24(31)21(28)4)41(39,40)22-15-13-20(3)14-16-22/h7-16,27H,5-6,17-19H2,1-4H3,(H,34,38). The fourth-order valence-electron chi connectivity index (χ4n) is 4.36. The number of sulfonamides is 1. The number of halogens is 3. The zero-order chi connectivity index (χ0) is 30.3. The Morgan fingerprint density at radius 3 is 2.05 bits per heavy atom. The van der Waals surface area contributed by atoms with Crippen LogP contribution < -0.4 is 9.62 Å². The minimum absolute atomic E-state index is 0.0173. The van der Waals surface area contributed by atoms with E-state index in [0.29, 0.717) is 39.2 Å². The lowest BCUT2D eigenvalue weighted by atomic mass is 10.1. The van der Waals surface area contributed by atoms with Crippen LogP contribution in [0.1, 0.15) is 43.4 Å². The molecule has 0 fully saturated rings. The number of hydrogen-bond donors (Lipinski definition) is 1. The SMILES string of the molecule is CCCNC(=O)C(CC)N(Cc1c(Cl)cccc1Cl)C(=O)CN(c1cccc(Cl)c1C)S(=O)(=O)c1ccc(C)cc1. The molecule has 1 N–H and O–H groups in total. The summed E-state index contributed by atoms with van der Waals surface area (Å²) in [6.07, 6.45) is 0.993. The van der Waals surface area contributed by atoms with Gasteiger partial charge in [0.15, 0.2) is 0 Å². The second-order valence-electron chi connectivity index (χ2n) is 9.65. The van der Waals surface area contributed by atoms with Crippen LogP contribution in [0.5, 0.6) is 0 Å². The van der Waals surface area contributed by atoms with Crippen LogP contribution in [0.15, 0.2) is 65.6 Å². The summed E-state index contributed by atoms with van der Waals surface area (Å²) in [4.78, 5) is 28.8. The number of carbonyl (C=O) groups excluding carboxylic acids is 2. The van der Waals surface area contributed by atoms with Crippen molar-refractivity contribution in [3.8, 4) is 0 Å². The van der Waals surface area contributed by atoms with Crippen molar-refractivity contribution in [1.29, 1.82) is 0 Å². The molecule has 0 saturated carbocycles. The Labute approximate surface area is 257 Å². The molecule has 2 amide bonds. The van der Waals surface area contributed by atoms with Gasteiger partial charge in [-0.2, -0.15) is 0 Å². The maximum atomic E-state index is 14.2. The van der Waals surface area contributed by atoms with E-state index in [2.05, 4.69) is 5.32 Å². The smallest absolute Gasteiger partial charge is 0.264 e. The minimum atomic E-state index is -4.22. The molecule has 0 saturated heterocycles. The zero-order valence-corrected chi connectivity index (χ0v) is 26.5. The van der Waals surface area contributed by atoms with E-state index >= 15 is 0 Å². The van der Waals surface area contributed by atoms with E-state index in [1.807, 2.05) is 13.8 Å². The normalized spacial score (nSPS) is 12.1. The van der Waals surface area contributed by atoms with Gasteiger partial charge in [0.2, 0.25) is 11.8 Å². The van der Waals surface area contributed by atoms with Gasteiger partial charge < -0.3 is 10.2 Å². The van der Waals surface area contributed by atoms with Gasteiger partial charge in [-0.25, -0.2) is 8.42 Å². The minimum Gasteiger partial charge on any atom is -0.354 e.